The fraction of sp³-hybridized carbons (Fsp3) is 0.414. The van der Waals surface area contributed by atoms with Gasteiger partial charge in [-0.3, -0.25) is 0 Å². The van der Waals surface area contributed by atoms with Gasteiger partial charge < -0.3 is 0 Å². The summed E-state index contributed by atoms with van der Waals surface area (Å²) in [7, 11) is 2.20. The van der Waals surface area contributed by atoms with Gasteiger partial charge in [-0.2, -0.15) is 0 Å². The quantitative estimate of drug-likeness (QED) is 0.172. The predicted molar refractivity (Wildman–Crippen MR) is 161 cm³/mol. The molecule has 0 unspecified atom stereocenters. The molecule has 0 aliphatic carbocycles. The van der Waals surface area contributed by atoms with Crippen LogP contribution in [0.15, 0.2) is 49.1 Å². The number of carbonyl (C=O) groups excluding carboxylic acids is 1. The van der Waals surface area contributed by atoms with Crippen LogP contribution in [0, 0.1) is 5.82 Å². The average Bonchev–Trinajstić information content (AvgIpc) is 3.39. The molecule has 10 heteroatoms. The molecule has 0 spiro atoms. The fourth-order valence-electron chi connectivity index (χ4n) is 5.66. The van der Waals surface area contributed by atoms with Crippen LogP contribution in [-0.2, 0) is 17.8 Å². The van der Waals surface area contributed by atoms with Crippen molar-refractivity contribution in [1.82, 2.24) is 18.0 Å². The van der Waals surface area contributed by atoms with E-state index in [4.69, 9.17) is 14.7 Å². The molecule has 0 bridgehead atoms. The molecule has 0 radical (unpaired) electrons. The van der Waals surface area contributed by atoms with E-state index in [1.54, 1.807) is 6.07 Å². The summed E-state index contributed by atoms with van der Waals surface area (Å²) >= 11 is -1.32. The molecule has 39 heavy (non-hydrogen) atoms. The summed E-state index contributed by atoms with van der Waals surface area (Å²) in [6, 6.07) is 11.5. The third kappa shape index (κ3) is 5.28. The molecule has 2 fully saturated rings. The van der Waals surface area contributed by atoms with Crippen molar-refractivity contribution in [3.63, 3.8) is 0 Å². The molecule has 206 valence electrons. The van der Waals surface area contributed by atoms with Crippen LogP contribution in [0.4, 0.5) is 15.9 Å². The number of aromatic nitrogens is 2. The third-order valence-electron chi connectivity index (χ3n) is 7.81. The van der Waals surface area contributed by atoms with Gasteiger partial charge in [0.1, 0.15) is 0 Å². The van der Waals surface area contributed by atoms with Gasteiger partial charge in [0.15, 0.2) is 0 Å². The van der Waals surface area contributed by atoms with Gasteiger partial charge in [0, 0.05) is 0 Å². The van der Waals surface area contributed by atoms with E-state index in [-0.39, 0.29) is 11.7 Å². The Hall–Kier alpha value is -2.99. The number of amides is 1. The molecular formula is C29H34FIN6O2. The number of halogens is 2. The van der Waals surface area contributed by atoms with E-state index in [2.05, 4.69) is 26.5 Å². The minimum atomic E-state index is -1.32. The SMILES string of the molecule is C=CC(=O)N1CCN(c2nc(OCI3CCCN3C)nc3c2CCN(c2ccc(F)c4ccccc24)C3)CC1. The predicted octanol–water partition coefficient (Wildman–Crippen LogP) is 4.26. The molecule has 0 atom stereocenters. The maximum absolute atomic E-state index is 14.5. The molecule has 4 heterocycles. The van der Waals surface area contributed by atoms with Gasteiger partial charge in [0.25, 0.3) is 0 Å². The zero-order valence-corrected chi connectivity index (χ0v) is 24.4. The molecular weight excluding hydrogens is 610 g/mol. The van der Waals surface area contributed by atoms with Crippen molar-refractivity contribution in [2.75, 3.05) is 65.2 Å². The minimum absolute atomic E-state index is 0.0307. The molecule has 3 aromatic rings. The van der Waals surface area contributed by atoms with Crippen LogP contribution in [0.3, 0.4) is 0 Å². The van der Waals surface area contributed by atoms with E-state index in [9.17, 15) is 9.18 Å². The van der Waals surface area contributed by atoms with Crippen molar-refractivity contribution in [3.8, 4) is 6.01 Å². The molecule has 8 nitrogen and oxygen atoms in total. The van der Waals surface area contributed by atoms with Crippen LogP contribution in [0.2, 0.25) is 0 Å². The number of alkyl halides is 2. The van der Waals surface area contributed by atoms with E-state index in [0.717, 1.165) is 47.7 Å². The summed E-state index contributed by atoms with van der Waals surface area (Å²) in [5.74, 6) is 0.687. The van der Waals surface area contributed by atoms with Crippen LogP contribution < -0.4 is 14.5 Å². The van der Waals surface area contributed by atoms with Gasteiger partial charge in [-0.1, -0.05) is 0 Å². The van der Waals surface area contributed by atoms with Crippen molar-refractivity contribution >= 4 is 48.3 Å². The van der Waals surface area contributed by atoms with Gasteiger partial charge in [-0.05, 0) is 0 Å². The van der Waals surface area contributed by atoms with E-state index < -0.39 is 20.1 Å². The number of anilines is 2. The Morgan fingerprint density at radius 2 is 1.85 bits per heavy atom. The topological polar surface area (TPSA) is 65.0 Å². The van der Waals surface area contributed by atoms with Crippen molar-refractivity contribution in [3.05, 3.63) is 66.1 Å². The molecule has 1 amide bonds. The number of nitrogens with zero attached hydrogens (tertiary/aromatic N) is 6. The van der Waals surface area contributed by atoms with Gasteiger partial charge >= 0.3 is 237 Å². The first-order valence-corrected chi connectivity index (χ1v) is 17.5. The number of benzene rings is 2. The molecule has 0 saturated carbocycles. The molecule has 1 aromatic heterocycles. The van der Waals surface area contributed by atoms with Crippen LogP contribution in [-0.4, -0.2) is 79.2 Å². The fourth-order valence-corrected chi connectivity index (χ4v) is 10.1. The van der Waals surface area contributed by atoms with Crippen LogP contribution >= 0.6 is 20.1 Å². The zero-order valence-electron chi connectivity index (χ0n) is 22.3. The summed E-state index contributed by atoms with van der Waals surface area (Å²) in [6.45, 7) is 8.85. The van der Waals surface area contributed by atoms with Crippen LogP contribution in [0.1, 0.15) is 17.7 Å². The summed E-state index contributed by atoms with van der Waals surface area (Å²) in [4.78, 5) is 28.4. The molecule has 0 N–H and O–H groups in total. The van der Waals surface area contributed by atoms with E-state index in [1.807, 2.05) is 35.2 Å². The molecule has 3 aliphatic heterocycles. The Balaban J connectivity index is 1.31. The second kappa shape index (κ2) is 11.2. The van der Waals surface area contributed by atoms with E-state index >= 15 is 0 Å². The van der Waals surface area contributed by atoms with Crippen molar-refractivity contribution in [2.24, 2.45) is 0 Å². The number of rotatable bonds is 6. The summed E-state index contributed by atoms with van der Waals surface area (Å²) < 4.78 is 25.3. The number of hydrogen-bond acceptors (Lipinski definition) is 7. The molecule has 6 rings (SSSR count). The normalized spacial score (nSPS) is 18.9. The standard InChI is InChI=1S/C29H34FIN6O2/c1-3-27(38)35-15-17-36(18-16-35)28-23-11-14-37(26-10-9-24(30)21-7-4-5-8-22(21)26)19-25(23)32-29(33-28)39-20-31-12-6-13-34(31)2/h3-5,7-10H,1,6,11-20H2,2H3. The van der Waals surface area contributed by atoms with Gasteiger partial charge in [0.05, 0.1) is 0 Å². The van der Waals surface area contributed by atoms with Gasteiger partial charge in [-0.15, -0.1) is 0 Å². The number of fused-ring (bicyclic) bond motifs is 2. The Morgan fingerprint density at radius 3 is 2.59 bits per heavy atom. The number of piperazine rings is 1. The monoisotopic (exact) mass is 644 g/mol. The average molecular weight is 645 g/mol. The van der Waals surface area contributed by atoms with Crippen molar-refractivity contribution < 1.29 is 13.9 Å². The van der Waals surface area contributed by atoms with Gasteiger partial charge in [-0.25, -0.2) is 0 Å². The third-order valence-corrected chi connectivity index (χ3v) is 13.7. The number of ether oxygens (including phenoxy) is 1. The molecule has 3 aliphatic rings. The second-order valence-corrected chi connectivity index (χ2v) is 15.9. The van der Waals surface area contributed by atoms with Crippen LogP contribution in [0.25, 0.3) is 10.8 Å². The Bertz CT molecular complexity index is 1400. The zero-order chi connectivity index (χ0) is 26.9. The van der Waals surface area contributed by atoms with E-state index in [1.165, 1.54) is 16.9 Å². The Kier molecular flexibility index (Phi) is 7.57. The van der Waals surface area contributed by atoms with Crippen molar-refractivity contribution in [1.29, 1.82) is 0 Å². The first-order chi connectivity index (χ1) is 19.0. The first-order valence-electron chi connectivity index (χ1n) is 13.5. The van der Waals surface area contributed by atoms with Crippen LogP contribution in [0.5, 0.6) is 6.01 Å². The van der Waals surface area contributed by atoms with E-state index in [0.29, 0.717) is 48.7 Å². The summed E-state index contributed by atoms with van der Waals surface area (Å²) in [5, 5.41) is 1.54. The second-order valence-electron chi connectivity index (χ2n) is 10.1. The number of carbonyl (C=O) groups is 1. The van der Waals surface area contributed by atoms with Gasteiger partial charge in [0.2, 0.25) is 0 Å². The maximum atomic E-state index is 14.5. The Labute approximate surface area is 236 Å². The van der Waals surface area contributed by atoms with Crippen molar-refractivity contribution in [2.45, 2.75) is 19.4 Å². The summed E-state index contributed by atoms with van der Waals surface area (Å²) in [5.41, 5.74) is 3.12. The first kappa shape index (κ1) is 26.2. The molecule has 2 aromatic carbocycles. The molecule has 2 saturated heterocycles. The Morgan fingerprint density at radius 1 is 1.05 bits per heavy atom. The number of hydrogen-bond donors (Lipinski definition) is 0. The summed E-state index contributed by atoms with van der Waals surface area (Å²) in [6.07, 6.45) is 3.41.